The van der Waals surface area contributed by atoms with E-state index in [0.29, 0.717) is 12.2 Å². The molecule has 3 nitrogen and oxygen atoms in total. The van der Waals surface area contributed by atoms with Crippen molar-refractivity contribution in [3.63, 3.8) is 0 Å². The van der Waals surface area contributed by atoms with E-state index in [2.05, 4.69) is 6.07 Å². The molecular formula is C14H17NO2. The number of esters is 1. The molecular weight excluding hydrogens is 214 g/mol. The maximum atomic E-state index is 11.5. The first-order chi connectivity index (χ1) is 8.13. The van der Waals surface area contributed by atoms with Crippen LogP contribution in [0, 0.1) is 18.3 Å². The van der Waals surface area contributed by atoms with Gasteiger partial charge in [-0.25, -0.2) is 0 Å². The van der Waals surface area contributed by atoms with Crippen molar-refractivity contribution in [2.45, 2.75) is 33.6 Å². The molecule has 0 saturated heterocycles. The number of rotatable bonds is 4. The molecule has 17 heavy (non-hydrogen) atoms. The second-order valence-corrected chi connectivity index (χ2v) is 3.84. The van der Waals surface area contributed by atoms with Gasteiger partial charge in [0.25, 0.3) is 0 Å². The zero-order valence-electron chi connectivity index (χ0n) is 10.5. The van der Waals surface area contributed by atoms with Crippen molar-refractivity contribution >= 4 is 5.97 Å². The first kappa shape index (κ1) is 13.2. The van der Waals surface area contributed by atoms with Crippen molar-refractivity contribution in [3.8, 4) is 6.07 Å². The van der Waals surface area contributed by atoms with E-state index in [1.807, 2.05) is 26.0 Å². The highest BCUT2D eigenvalue weighted by Crippen LogP contribution is 2.20. The van der Waals surface area contributed by atoms with Gasteiger partial charge in [-0.2, -0.15) is 5.26 Å². The van der Waals surface area contributed by atoms with Gasteiger partial charge in [0.15, 0.2) is 0 Å². The number of carbonyl (C=O) groups excluding carboxylic acids is 1. The fourth-order valence-electron chi connectivity index (χ4n) is 1.90. The van der Waals surface area contributed by atoms with Crippen molar-refractivity contribution in [2.24, 2.45) is 0 Å². The summed E-state index contributed by atoms with van der Waals surface area (Å²) in [5.74, 6) is -0.241. The molecule has 1 rings (SSSR count). The SMILES string of the molecule is CCOC(=O)Cc1ccc(C)c(C#N)c1CC. The molecule has 0 amide bonds. The summed E-state index contributed by atoms with van der Waals surface area (Å²) in [5, 5.41) is 9.13. The van der Waals surface area contributed by atoms with E-state index in [0.717, 1.165) is 23.1 Å². The van der Waals surface area contributed by atoms with E-state index in [-0.39, 0.29) is 12.4 Å². The molecule has 0 aliphatic carbocycles. The molecule has 0 unspecified atom stereocenters. The average Bonchev–Trinajstić information content (AvgIpc) is 2.31. The highest BCUT2D eigenvalue weighted by atomic mass is 16.5. The number of hydrogen-bond acceptors (Lipinski definition) is 3. The van der Waals surface area contributed by atoms with Crippen molar-refractivity contribution in [1.82, 2.24) is 0 Å². The molecule has 1 aromatic rings. The third-order valence-electron chi connectivity index (χ3n) is 2.72. The number of ether oxygens (including phenoxy) is 1. The van der Waals surface area contributed by atoms with Crippen LogP contribution < -0.4 is 0 Å². The fraction of sp³-hybridized carbons (Fsp3) is 0.429. The largest absolute Gasteiger partial charge is 0.466 e. The van der Waals surface area contributed by atoms with Gasteiger partial charge in [0.2, 0.25) is 0 Å². The molecule has 90 valence electrons. The third-order valence-corrected chi connectivity index (χ3v) is 2.72. The van der Waals surface area contributed by atoms with Gasteiger partial charge in [-0.15, -0.1) is 0 Å². The van der Waals surface area contributed by atoms with Gasteiger partial charge in [-0.1, -0.05) is 19.1 Å². The lowest BCUT2D eigenvalue weighted by atomic mass is 9.94. The van der Waals surface area contributed by atoms with Crippen LogP contribution in [0.25, 0.3) is 0 Å². The van der Waals surface area contributed by atoms with Crippen LogP contribution in [0.15, 0.2) is 12.1 Å². The molecule has 0 fully saturated rings. The molecule has 0 atom stereocenters. The molecule has 1 aromatic carbocycles. The van der Waals surface area contributed by atoms with E-state index in [9.17, 15) is 4.79 Å². The molecule has 0 aliphatic heterocycles. The van der Waals surface area contributed by atoms with Crippen molar-refractivity contribution in [2.75, 3.05) is 6.61 Å². The van der Waals surface area contributed by atoms with Crippen molar-refractivity contribution in [3.05, 3.63) is 34.4 Å². The Bertz CT molecular complexity index is 458. The van der Waals surface area contributed by atoms with Gasteiger partial charge in [0.05, 0.1) is 24.7 Å². The van der Waals surface area contributed by atoms with E-state index in [1.165, 1.54) is 0 Å². The predicted molar refractivity (Wildman–Crippen MR) is 65.6 cm³/mol. The topological polar surface area (TPSA) is 50.1 Å². The number of hydrogen-bond donors (Lipinski definition) is 0. The van der Waals surface area contributed by atoms with Crippen LogP contribution in [0.1, 0.15) is 36.1 Å². The Morgan fingerprint density at radius 2 is 2.12 bits per heavy atom. The third kappa shape index (κ3) is 3.07. The predicted octanol–water partition coefficient (Wildman–Crippen LogP) is 2.53. The smallest absolute Gasteiger partial charge is 0.310 e. The number of carbonyl (C=O) groups is 1. The van der Waals surface area contributed by atoms with Crippen molar-refractivity contribution in [1.29, 1.82) is 5.26 Å². The molecule has 0 aromatic heterocycles. The molecule has 3 heteroatoms. The molecule has 0 aliphatic rings. The first-order valence-electron chi connectivity index (χ1n) is 5.81. The van der Waals surface area contributed by atoms with Gasteiger partial charge in [0, 0.05) is 0 Å². The van der Waals surface area contributed by atoms with E-state index in [4.69, 9.17) is 10.00 Å². The van der Waals surface area contributed by atoms with E-state index in [1.54, 1.807) is 6.92 Å². The molecule has 0 spiro atoms. The molecule has 0 heterocycles. The average molecular weight is 231 g/mol. The summed E-state index contributed by atoms with van der Waals surface area (Å²) < 4.78 is 4.93. The van der Waals surface area contributed by atoms with Gasteiger partial charge < -0.3 is 4.74 Å². The minimum absolute atomic E-state index is 0.241. The van der Waals surface area contributed by atoms with Crippen LogP contribution >= 0.6 is 0 Å². The van der Waals surface area contributed by atoms with Gasteiger partial charge in [-0.05, 0) is 37.0 Å². The van der Waals surface area contributed by atoms with Crippen LogP contribution in [-0.4, -0.2) is 12.6 Å². The van der Waals surface area contributed by atoms with Gasteiger partial charge >= 0.3 is 5.97 Å². The van der Waals surface area contributed by atoms with Crippen LogP contribution in [0.5, 0.6) is 0 Å². The maximum absolute atomic E-state index is 11.5. The molecule has 0 radical (unpaired) electrons. The highest BCUT2D eigenvalue weighted by Gasteiger charge is 2.12. The van der Waals surface area contributed by atoms with Gasteiger partial charge in [0.1, 0.15) is 0 Å². The Hall–Kier alpha value is -1.82. The second kappa shape index (κ2) is 6.05. The van der Waals surface area contributed by atoms with Crippen LogP contribution in [0.3, 0.4) is 0 Å². The summed E-state index contributed by atoms with van der Waals surface area (Å²) >= 11 is 0. The van der Waals surface area contributed by atoms with Crippen LogP contribution in [0.4, 0.5) is 0 Å². The Balaban J connectivity index is 3.09. The summed E-state index contributed by atoms with van der Waals surface area (Å²) in [5.41, 5.74) is 3.50. The zero-order valence-corrected chi connectivity index (χ0v) is 10.5. The standard InChI is InChI=1S/C14H17NO2/c1-4-12-11(8-14(16)17-5-2)7-6-10(3)13(12)9-15/h6-7H,4-5,8H2,1-3H3. The Labute approximate surface area is 102 Å². The summed E-state index contributed by atoms with van der Waals surface area (Å²) in [6, 6.07) is 6.00. The minimum Gasteiger partial charge on any atom is -0.466 e. The summed E-state index contributed by atoms with van der Waals surface area (Å²) in [6.45, 7) is 6.07. The van der Waals surface area contributed by atoms with Crippen molar-refractivity contribution < 1.29 is 9.53 Å². The maximum Gasteiger partial charge on any atom is 0.310 e. The fourth-order valence-corrected chi connectivity index (χ4v) is 1.90. The van der Waals surface area contributed by atoms with Gasteiger partial charge in [-0.3, -0.25) is 4.79 Å². The zero-order chi connectivity index (χ0) is 12.8. The van der Waals surface area contributed by atoms with Crippen LogP contribution in [0.2, 0.25) is 0 Å². The first-order valence-corrected chi connectivity index (χ1v) is 5.81. The van der Waals surface area contributed by atoms with E-state index < -0.39 is 0 Å². The Morgan fingerprint density at radius 1 is 1.41 bits per heavy atom. The second-order valence-electron chi connectivity index (χ2n) is 3.84. The number of benzene rings is 1. The summed E-state index contributed by atoms with van der Waals surface area (Å²) in [6.07, 6.45) is 0.991. The number of nitriles is 1. The lowest BCUT2D eigenvalue weighted by molar-refractivity contribution is -0.142. The highest BCUT2D eigenvalue weighted by molar-refractivity contribution is 5.73. The van der Waals surface area contributed by atoms with Crippen LogP contribution in [-0.2, 0) is 22.4 Å². The normalized spacial score (nSPS) is 9.76. The summed E-state index contributed by atoms with van der Waals surface area (Å²) in [7, 11) is 0. The quantitative estimate of drug-likeness (QED) is 0.748. The lowest BCUT2D eigenvalue weighted by Gasteiger charge is -2.11. The minimum atomic E-state index is -0.241. The number of aryl methyl sites for hydroxylation is 1. The monoisotopic (exact) mass is 231 g/mol. The Morgan fingerprint density at radius 3 is 2.65 bits per heavy atom. The molecule has 0 bridgehead atoms. The molecule has 0 saturated carbocycles. The summed E-state index contributed by atoms with van der Waals surface area (Å²) in [4.78, 5) is 11.5. The molecule has 0 N–H and O–H groups in total. The lowest BCUT2D eigenvalue weighted by Crippen LogP contribution is -2.10. The Kier molecular flexibility index (Phi) is 4.71. The number of nitrogens with zero attached hydrogens (tertiary/aromatic N) is 1. The van der Waals surface area contributed by atoms with E-state index >= 15 is 0 Å².